The van der Waals surface area contributed by atoms with Gasteiger partial charge >= 0.3 is 39.1 Å². The molecule has 0 spiro atoms. The van der Waals surface area contributed by atoms with E-state index in [2.05, 4.69) is 63.4 Å². The normalized spacial score (nSPS) is 7.88. The molecule has 0 aliphatic rings. The second kappa shape index (κ2) is 31.1. The van der Waals surface area contributed by atoms with Crippen LogP contribution in [0.15, 0.2) is 48.5 Å². The minimum atomic E-state index is 0.763. The molecule has 0 amide bonds. The molecule has 0 aliphatic carbocycles. The van der Waals surface area contributed by atoms with E-state index in [0.717, 1.165) is 11.4 Å². The summed E-state index contributed by atoms with van der Waals surface area (Å²) in [6.07, 6.45) is 7.98. The number of hydrogen-bond acceptors (Lipinski definition) is 2. The van der Waals surface area contributed by atoms with Crippen LogP contribution in [0, 0.1) is 25.1 Å². The third-order valence-electron chi connectivity index (χ3n) is 2.58. The van der Waals surface area contributed by atoms with Gasteiger partial charge in [-0.25, -0.2) is 0 Å². The smallest absolute Gasteiger partial charge is 0.288 e. The summed E-state index contributed by atoms with van der Waals surface area (Å²) in [5.41, 5.74) is 0. The van der Waals surface area contributed by atoms with Gasteiger partial charge in [0.25, 0.3) is 0 Å². The predicted molar refractivity (Wildman–Crippen MR) is 94.5 cm³/mol. The summed E-state index contributed by atoms with van der Waals surface area (Å²) in [5, 5.41) is 0.763. The number of unbranched alkanes of at least 4 members (excludes halogenated alkanes) is 5. The predicted octanol–water partition coefficient (Wildman–Crippen LogP) is 6.37. The van der Waals surface area contributed by atoms with Gasteiger partial charge in [0.05, 0.1) is 0 Å². The van der Waals surface area contributed by atoms with E-state index in [-0.39, 0.29) is 0 Å². The summed E-state index contributed by atoms with van der Waals surface area (Å²) >= 11 is 10.1. The van der Waals surface area contributed by atoms with Crippen molar-refractivity contribution in [1.29, 1.82) is 0 Å². The van der Waals surface area contributed by atoms with Crippen LogP contribution >= 0.6 is 11.6 Å². The van der Waals surface area contributed by atoms with Gasteiger partial charge < -0.3 is 19.1 Å². The van der Waals surface area contributed by atoms with Gasteiger partial charge in [-0.3, -0.25) is 24.3 Å². The van der Waals surface area contributed by atoms with Crippen molar-refractivity contribution in [3.8, 4) is 0 Å². The Morgan fingerprint density at radius 3 is 1.48 bits per heavy atom. The van der Waals surface area contributed by atoms with Crippen LogP contribution in [0.5, 0.6) is 0 Å². The molecule has 0 heterocycles. The van der Waals surface area contributed by atoms with Gasteiger partial charge in [-0.2, -0.15) is 36.8 Å². The second-order valence-electron chi connectivity index (χ2n) is 4.49. The maximum Gasteiger partial charge on any atom is -0.288 e. The van der Waals surface area contributed by atoms with Crippen molar-refractivity contribution in [2.24, 2.45) is 0 Å². The van der Waals surface area contributed by atoms with Crippen LogP contribution in [-0.2, 0) is 39.1 Å². The van der Waals surface area contributed by atoms with E-state index in [1.54, 1.807) is 24.3 Å². The first-order valence-corrected chi connectivity index (χ1v) is 9.04. The van der Waals surface area contributed by atoms with Crippen LogP contribution in [0.2, 0.25) is 5.02 Å². The topological polar surface area (TPSA) is 34.1 Å². The zero-order chi connectivity index (χ0) is 19.6. The molecule has 0 unspecified atom stereocenters. The maximum absolute atomic E-state index is 7.94. The molecule has 0 atom stereocenters. The summed E-state index contributed by atoms with van der Waals surface area (Å²) in [6, 6.07) is 23.0. The monoisotopic (exact) mass is 450 g/mol. The van der Waals surface area contributed by atoms with Gasteiger partial charge in [-0.05, 0) is 0 Å². The molecule has 0 aromatic heterocycles. The van der Waals surface area contributed by atoms with E-state index in [1.165, 1.54) is 32.1 Å². The van der Waals surface area contributed by atoms with E-state index in [9.17, 15) is 0 Å². The molecule has 25 heavy (non-hydrogen) atoms. The van der Waals surface area contributed by atoms with Crippen molar-refractivity contribution in [3.63, 3.8) is 0 Å². The van der Waals surface area contributed by atoms with E-state index in [1.807, 2.05) is 24.3 Å². The average Bonchev–Trinajstić information content (AvgIpc) is 2.71. The Morgan fingerprint density at radius 1 is 0.800 bits per heavy atom. The molecule has 2 aromatic rings. The molecular formula is C20H25ClCo2O2-4. The van der Waals surface area contributed by atoms with Crippen molar-refractivity contribution in [3.05, 3.63) is 78.7 Å². The van der Waals surface area contributed by atoms with Crippen LogP contribution in [0.4, 0.5) is 0 Å². The van der Waals surface area contributed by atoms with Crippen molar-refractivity contribution in [1.82, 2.24) is 0 Å². The molecule has 0 saturated carbocycles. The molecule has 0 N–H and O–H groups in total. The van der Waals surface area contributed by atoms with E-state index >= 15 is 0 Å². The van der Waals surface area contributed by atoms with Gasteiger partial charge in [-0.15, -0.1) is 11.6 Å². The molecule has 2 nitrogen and oxygen atoms in total. The van der Waals surface area contributed by atoms with E-state index in [4.69, 9.17) is 19.3 Å². The fourth-order valence-electron chi connectivity index (χ4n) is 1.45. The molecule has 2 aromatic carbocycles. The molecule has 0 fully saturated rings. The fourth-order valence-corrected chi connectivity index (χ4v) is 1.58. The molecular weight excluding hydrogens is 426 g/mol. The zero-order valence-electron chi connectivity index (χ0n) is 14.4. The summed E-state index contributed by atoms with van der Waals surface area (Å²) in [4.78, 5) is 0. The Bertz CT molecular complexity index is 396. The van der Waals surface area contributed by atoms with Crippen molar-refractivity contribution in [2.75, 3.05) is 0 Å². The van der Waals surface area contributed by atoms with Crippen LogP contribution in [0.25, 0.3) is 0 Å². The molecule has 0 bridgehead atoms. The van der Waals surface area contributed by atoms with Gasteiger partial charge in [-0.1, -0.05) is 44.1 Å². The van der Waals surface area contributed by atoms with Crippen molar-refractivity contribution in [2.45, 2.75) is 45.4 Å². The number of benzene rings is 2. The van der Waals surface area contributed by atoms with Crippen LogP contribution in [0.3, 0.4) is 0 Å². The Kier molecular flexibility index (Phi) is 36.3. The Morgan fingerprint density at radius 2 is 1.20 bits per heavy atom. The fraction of sp³-hybridized carbons (Fsp3) is 0.350. The quantitative estimate of drug-likeness (QED) is 0.392. The van der Waals surface area contributed by atoms with Gasteiger partial charge in [0.15, 0.2) is 0 Å². The first-order valence-electron chi connectivity index (χ1n) is 7.81. The molecule has 2 rings (SSSR count). The van der Waals surface area contributed by atoms with Crippen LogP contribution in [0.1, 0.15) is 45.4 Å². The van der Waals surface area contributed by atoms with Gasteiger partial charge in [0.1, 0.15) is 0 Å². The SMILES string of the molecule is Clc1cc[c-]cc1.[CH2-]CCCCCCC.[O]=[Co].[O]=[Co].[c-]1cc[c-]cc1. The van der Waals surface area contributed by atoms with Crippen molar-refractivity contribution >= 4 is 11.6 Å². The molecule has 5 heteroatoms. The first-order chi connectivity index (χ1) is 12.3. The average molecular weight is 451 g/mol. The van der Waals surface area contributed by atoms with E-state index in [0.29, 0.717) is 0 Å². The third kappa shape index (κ3) is 31.6. The first kappa shape index (κ1) is 29.1. The van der Waals surface area contributed by atoms with E-state index < -0.39 is 0 Å². The van der Waals surface area contributed by atoms with Gasteiger partial charge in [0, 0.05) is 0 Å². The molecule has 0 radical (unpaired) electrons. The Balaban J connectivity index is -0.000000265. The number of halogens is 1. The van der Waals surface area contributed by atoms with Crippen molar-refractivity contribution < 1.29 is 39.1 Å². The second-order valence-corrected chi connectivity index (χ2v) is 4.92. The minimum absolute atomic E-state index is 0.763. The molecule has 146 valence electrons. The Labute approximate surface area is 174 Å². The summed E-state index contributed by atoms with van der Waals surface area (Å²) in [7, 11) is 0. The summed E-state index contributed by atoms with van der Waals surface area (Å²) in [5.74, 6) is 0. The zero-order valence-corrected chi connectivity index (χ0v) is 17.3. The summed E-state index contributed by atoms with van der Waals surface area (Å²) in [6.45, 7) is 6.02. The number of rotatable bonds is 5. The number of hydrogen-bond donors (Lipinski definition) is 0. The summed E-state index contributed by atoms with van der Waals surface area (Å²) < 4.78 is 15.9. The van der Waals surface area contributed by atoms with Gasteiger partial charge in [0.2, 0.25) is 0 Å². The standard InChI is InChI=1S/C8H17.C6H4Cl.C6H4.2Co.2O/c1-3-5-7-8-6-4-2;7-6-4-2-1-3-5-6;1-2-4-6-5-3-1;;;;/h1,3-8H2,2H3;2-5H;1-2,5-6H;;;;/q2*-1;-2;;;;. The van der Waals surface area contributed by atoms with Crippen LogP contribution < -0.4 is 0 Å². The molecule has 0 aliphatic heterocycles. The third-order valence-corrected chi connectivity index (χ3v) is 2.83. The molecule has 0 saturated heterocycles. The Hall–Kier alpha value is -0.657. The largest absolute Gasteiger partial charge is 0.319 e. The minimum Gasteiger partial charge on any atom is -0.319 e. The van der Waals surface area contributed by atoms with Crippen LogP contribution in [-0.4, -0.2) is 0 Å². The maximum atomic E-state index is 7.94.